The normalized spacial score (nSPS) is 25.0. The second kappa shape index (κ2) is 7.18. The van der Waals surface area contributed by atoms with Crippen molar-refractivity contribution in [2.75, 3.05) is 43.6 Å². The third kappa shape index (κ3) is 3.24. The number of nitrogens with one attached hydrogen (secondary N) is 1. The lowest BCUT2D eigenvalue weighted by Gasteiger charge is -2.60. The maximum Gasteiger partial charge on any atom is 0.230 e. The van der Waals surface area contributed by atoms with Crippen LogP contribution in [0.2, 0.25) is 0 Å². The lowest BCUT2D eigenvalue weighted by Crippen LogP contribution is -2.58. The number of morpholine rings is 1. The van der Waals surface area contributed by atoms with Crippen molar-refractivity contribution in [1.29, 1.82) is 0 Å². The number of ether oxygens (including phenoxy) is 3. The summed E-state index contributed by atoms with van der Waals surface area (Å²) in [5, 5.41) is 4.74. The molecule has 29 heavy (non-hydrogen) atoms. The lowest BCUT2D eigenvalue weighted by atomic mass is 9.44. The number of hydrogen-bond donors (Lipinski definition) is 1. The first kappa shape index (κ1) is 18.7. The number of carbonyl (C=O) groups is 1. The van der Waals surface area contributed by atoms with Gasteiger partial charge in [0.05, 0.1) is 37.6 Å². The molecule has 3 aliphatic carbocycles. The summed E-state index contributed by atoms with van der Waals surface area (Å²) in [6, 6.07) is 3.73. The number of anilines is 2. The van der Waals surface area contributed by atoms with E-state index in [-0.39, 0.29) is 11.3 Å². The molecule has 1 N–H and O–H groups in total. The minimum Gasteiger partial charge on any atom is -0.494 e. The maximum absolute atomic E-state index is 12.6. The molecule has 4 aliphatic rings. The van der Waals surface area contributed by atoms with Gasteiger partial charge in [0.2, 0.25) is 11.0 Å². The van der Waals surface area contributed by atoms with Crippen LogP contribution in [-0.4, -0.2) is 44.3 Å². The van der Waals surface area contributed by atoms with Gasteiger partial charge in [-0.25, -0.2) is 4.98 Å². The largest absolute Gasteiger partial charge is 0.494 e. The van der Waals surface area contributed by atoms with Crippen molar-refractivity contribution in [3.05, 3.63) is 23.9 Å². The number of amides is 1. The Labute approximate surface area is 174 Å². The Hall–Kier alpha value is -2.32. The van der Waals surface area contributed by atoms with Gasteiger partial charge < -0.3 is 24.4 Å². The summed E-state index contributed by atoms with van der Waals surface area (Å²) in [6.45, 7) is 5.07. The van der Waals surface area contributed by atoms with Gasteiger partial charge in [0.1, 0.15) is 11.5 Å². The summed E-state index contributed by atoms with van der Waals surface area (Å²) in [5.41, 5.74) is 1.42. The van der Waals surface area contributed by atoms with E-state index in [1.54, 1.807) is 13.3 Å². The standard InChI is InChI=1S/C21H25N3O4S/c1-13-16(28-17-12-22-20(29-17)24-5-7-27-8-6-24)4-3-15(18(13)26-2)23-19(25)21-9-14(10-21)11-21/h3-4,12,14H,5-11H2,1-2H3,(H,23,25). The third-order valence-corrected chi connectivity index (χ3v) is 7.23. The van der Waals surface area contributed by atoms with E-state index in [1.165, 1.54) is 11.3 Å². The molecule has 0 atom stereocenters. The van der Waals surface area contributed by atoms with E-state index in [0.29, 0.717) is 17.2 Å². The van der Waals surface area contributed by atoms with Crippen LogP contribution in [0.5, 0.6) is 16.6 Å². The SMILES string of the molecule is COc1c(NC(=O)C23CC(C2)C3)ccc(Oc2cnc(N3CCOCC3)s2)c1C. The molecule has 7 nitrogen and oxygen atoms in total. The van der Waals surface area contributed by atoms with Crippen LogP contribution in [0.4, 0.5) is 10.8 Å². The summed E-state index contributed by atoms with van der Waals surface area (Å²) >= 11 is 1.52. The van der Waals surface area contributed by atoms with Crippen molar-refractivity contribution in [1.82, 2.24) is 4.98 Å². The zero-order valence-electron chi connectivity index (χ0n) is 16.7. The van der Waals surface area contributed by atoms with Crippen molar-refractivity contribution in [2.24, 2.45) is 11.3 Å². The highest BCUT2D eigenvalue weighted by Gasteiger charge is 2.61. The quantitative estimate of drug-likeness (QED) is 0.773. The molecule has 1 aromatic carbocycles. The molecule has 1 aromatic heterocycles. The van der Waals surface area contributed by atoms with Gasteiger partial charge in [-0.15, -0.1) is 0 Å². The second-order valence-corrected chi connectivity index (χ2v) is 9.12. The smallest absolute Gasteiger partial charge is 0.230 e. The number of rotatable bonds is 6. The van der Waals surface area contributed by atoms with Gasteiger partial charge in [-0.2, -0.15) is 0 Å². The number of hydrogen-bond acceptors (Lipinski definition) is 7. The molecule has 3 saturated carbocycles. The molecule has 0 spiro atoms. The molecule has 0 radical (unpaired) electrons. The molecule has 1 saturated heterocycles. The number of carbonyl (C=O) groups excluding carboxylic acids is 1. The molecule has 154 valence electrons. The van der Waals surface area contributed by atoms with Crippen molar-refractivity contribution in [3.63, 3.8) is 0 Å². The van der Waals surface area contributed by atoms with Gasteiger partial charge in [-0.1, -0.05) is 11.3 Å². The minimum absolute atomic E-state index is 0.115. The topological polar surface area (TPSA) is 72.9 Å². The Kier molecular flexibility index (Phi) is 4.63. The average molecular weight is 416 g/mol. The predicted molar refractivity (Wildman–Crippen MR) is 111 cm³/mol. The fourth-order valence-corrected chi connectivity index (χ4v) is 5.30. The molecule has 2 aromatic rings. The van der Waals surface area contributed by atoms with Gasteiger partial charge in [0.25, 0.3) is 0 Å². The molecule has 0 unspecified atom stereocenters. The van der Waals surface area contributed by atoms with E-state index in [1.807, 2.05) is 19.1 Å². The molecule has 6 rings (SSSR count). The average Bonchev–Trinajstić information content (AvgIpc) is 3.11. The highest BCUT2D eigenvalue weighted by molar-refractivity contribution is 7.17. The van der Waals surface area contributed by atoms with E-state index in [2.05, 4.69) is 15.2 Å². The predicted octanol–water partition coefficient (Wildman–Crippen LogP) is 3.83. The van der Waals surface area contributed by atoms with Crippen molar-refractivity contribution in [2.45, 2.75) is 26.2 Å². The summed E-state index contributed by atoms with van der Waals surface area (Å²) in [7, 11) is 1.62. The minimum atomic E-state index is -0.128. The van der Waals surface area contributed by atoms with Gasteiger partial charge in [0, 0.05) is 18.7 Å². The van der Waals surface area contributed by atoms with Crippen molar-refractivity contribution < 1.29 is 19.0 Å². The first-order chi connectivity index (χ1) is 14.1. The molecule has 2 heterocycles. The molecular weight excluding hydrogens is 390 g/mol. The Balaban J connectivity index is 1.31. The Morgan fingerprint density at radius 1 is 1.31 bits per heavy atom. The van der Waals surface area contributed by atoms with E-state index >= 15 is 0 Å². The lowest BCUT2D eigenvalue weighted by molar-refractivity contribution is -0.158. The van der Waals surface area contributed by atoms with E-state index in [0.717, 1.165) is 67.2 Å². The first-order valence-corrected chi connectivity index (χ1v) is 10.8. The van der Waals surface area contributed by atoms with E-state index in [4.69, 9.17) is 14.2 Å². The van der Waals surface area contributed by atoms with Crippen LogP contribution in [0.15, 0.2) is 18.3 Å². The van der Waals surface area contributed by atoms with Crippen LogP contribution in [0, 0.1) is 18.3 Å². The Morgan fingerprint density at radius 2 is 2.07 bits per heavy atom. The van der Waals surface area contributed by atoms with E-state index < -0.39 is 0 Å². The number of thiazole rings is 1. The third-order valence-electron chi connectivity index (χ3n) is 6.29. The van der Waals surface area contributed by atoms with Gasteiger partial charge in [-0.3, -0.25) is 4.79 Å². The maximum atomic E-state index is 12.6. The summed E-state index contributed by atoms with van der Waals surface area (Å²) in [6.07, 6.45) is 4.83. The Bertz CT molecular complexity index is 921. The van der Waals surface area contributed by atoms with Gasteiger partial charge in [0.15, 0.2) is 5.13 Å². The van der Waals surface area contributed by atoms with Gasteiger partial charge >= 0.3 is 0 Å². The fraction of sp³-hybridized carbons (Fsp3) is 0.524. The fourth-order valence-electron chi connectivity index (χ4n) is 4.46. The number of methoxy groups -OCH3 is 1. The zero-order chi connectivity index (χ0) is 20.0. The van der Waals surface area contributed by atoms with E-state index in [9.17, 15) is 4.79 Å². The first-order valence-electron chi connectivity index (χ1n) is 10.0. The van der Waals surface area contributed by atoms with Crippen LogP contribution in [0.3, 0.4) is 0 Å². The van der Waals surface area contributed by atoms with Crippen LogP contribution in [0.25, 0.3) is 0 Å². The Morgan fingerprint density at radius 3 is 2.72 bits per heavy atom. The molecule has 2 bridgehead atoms. The summed E-state index contributed by atoms with van der Waals surface area (Å²) in [5.74, 6) is 2.22. The van der Waals surface area contributed by atoms with Crippen molar-refractivity contribution >= 4 is 28.1 Å². The molecule has 1 aliphatic heterocycles. The second-order valence-electron chi connectivity index (χ2n) is 8.15. The van der Waals surface area contributed by atoms with Crippen LogP contribution >= 0.6 is 11.3 Å². The van der Waals surface area contributed by atoms with Crippen LogP contribution < -0.4 is 19.7 Å². The molecular formula is C21H25N3O4S. The van der Waals surface area contributed by atoms with Gasteiger partial charge in [-0.05, 0) is 44.2 Å². The number of benzene rings is 1. The zero-order valence-corrected chi connectivity index (χ0v) is 17.5. The monoisotopic (exact) mass is 415 g/mol. The number of aromatic nitrogens is 1. The summed E-state index contributed by atoms with van der Waals surface area (Å²) in [4.78, 5) is 19.3. The highest BCUT2D eigenvalue weighted by Crippen LogP contribution is 2.64. The van der Waals surface area contributed by atoms with Crippen LogP contribution in [-0.2, 0) is 9.53 Å². The highest BCUT2D eigenvalue weighted by atomic mass is 32.1. The van der Waals surface area contributed by atoms with Crippen molar-refractivity contribution in [3.8, 4) is 16.6 Å². The summed E-state index contributed by atoms with van der Waals surface area (Å²) < 4.78 is 17.1. The molecule has 1 amide bonds. The van der Waals surface area contributed by atoms with Crippen LogP contribution in [0.1, 0.15) is 24.8 Å². The number of nitrogens with zero attached hydrogens (tertiary/aromatic N) is 2. The molecule has 4 fully saturated rings. The molecule has 8 heteroatoms.